The summed E-state index contributed by atoms with van der Waals surface area (Å²) < 4.78 is 13.9. The minimum atomic E-state index is -0.666. The van der Waals surface area contributed by atoms with E-state index < -0.39 is 22.6 Å². The second-order valence-electron chi connectivity index (χ2n) is 6.10. The number of para-hydroxylation sites is 1. The van der Waals surface area contributed by atoms with Crippen molar-refractivity contribution in [3.05, 3.63) is 64.0 Å². The number of nitrogens with one attached hydrogen (secondary N) is 1. The predicted octanol–water partition coefficient (Wildman–Crippen LogP) is 3.03. The van der Waals surface area contributed by atoms with E-state index in [0.29, 0.717) is 11.3 Å². The Labute approximate surface area is 148 Å². The Morgan fingerprint density at radius 1 is 1.31 bits per heavy atom. The van der Waals surface area contributed by atoms with Crippen LogP contribution >= 0.6 is 0 Å². The van der Waals surface area contributed by atoms with Gasteiger partial charge in [-0.25, -0.2) is 4.39 Å². The van der Waals surface area contributed by atoms with E-state index in [1.165, 1.54) is 35.2 Å². The molecule has 1 heterocycles. The zero-order chi connectivity index (χ0) is 18.8. The summed E-state index contributed by atoms with van der Waals surface area (Å²) in [6, 6.07) is 10.0. The van der Waals surface area contributed by atoms with Gasteiger partial charge in [0, 0.05) is 25.1 Å². The third-order valence-corrected chi connectivity index (χ3v) is 4.33. The molecule has 1 N–H and O–H groups in total. The molecule has 0 radical (unpaired) electrons. The van der Waals surface area contributed by atoms with Crippen LogP contribution in [0.2, 0.25) is 0 Å². The second-order valence-corrected chi connectivity index (χ2v) is 6.10. The van der Waals surface area contributed by atoms with E-state index in [2.05, 4.69) is 5.32 Å². The maximum absolute atomic E-state index is 13.9. The number of anilines is 2. The van der Waals surface area contributed by atoms with E-state index in [-0.39, 0.29) is 30.2 Å². The molecule has 2 aromatic carbocycles. The molecule has 0 aromatic heterocycles. The number of hydrogen-bond donors (Lipinski definition) is 1. The van der Waals surface area contributed by atoms with Gasteiger partial charge in [0.15, 0.2) is 0 Å². The number of non-ortho nitro benzene ring substituents is 1. The molecule has 7 nitrogen and oxygen atoms in total. The van der Waals surface area contributed by atoms with Crippen LogP contribution < -0.4 is 10.2 Å². The Balaban J connectivity index is 1.76. The van der Waals surface area contributed by atoms with E-state index >= 15 is 0 Å². The fourth-order valence-electron chi connectivity index (χ4n) is 2.88. The number of halogens is 1. The lowest BCUT2D eigenvalue weighted by molar-refractivity contribution is -0.384. The number of nitrogens with zero attached hydrogens (tertiary/aromatic N) is 2. The molecule has 8 heteroatoms. The molecule has 0 aliphatic carbocycles. The highest BCUT2D eigenvalue weighted by Gasteiger charge is 2.36. The number of nitro groups is 1. The van der Waals surface area contributed by atoms with Crippen LogP contribution in [0.4, 0.5) is 21.5 Å². The fourth-order valence-corrected chi connectivity index (χ4v) is 2.88. The standard InChI is InChI=1S/C18H16FN3O4/c1-11-6-7-13(22(25)26)9-15(11)20-18(24)12-8-17(23)21(10-12)16-5-3-2-4-14(16)19/h2-7,9,12H,8,10H2,1H3,(H,20,24)/t12-/m0/s1. The Hall–Kier alpha value is -3.29. The number of amides is 2. The van der Waals surface area contributed by atoms with Gasteiger partial charge in [-0.3, -0.25) is 19.7 Å². The first-order valence-corrected chi connectivity index (χ1v) is 7.97. The average molecular weight is 357 g/mol. The molecular formula is C18H16FN3O4. The average Bonchev–Trinajstić information content (AvgIpc) is 2.99. The maximum Gasteiger partial charge on any atom is 0.271 e. The van der Waals surface area contributed by atoms with Gasteiger partial charge < -0.3 is 10.2 Å². The van der Waals surface area contributed by atoms with Crippen molar-refractivity contribution in [2.75, 3.05) is 16.8 Å². The van der Waals surface area contributed by atoms with Gasteiger partial charge >= 0.3 is 0 Å². The van der Waals surface area contributed by atoms with Crippen molar-refractivity contribution in [1.29, 1.82) is 0 Å². The minimum Gasteiger partial charge on any atom is -0.325 e. The third kappa shape index (κ3) is 3.39. The van der Waals surface area contributed by atoms with Crippen LogP contribution in [-0.2, 0) is 9.59 Å². The molecule has 2 amide bonds. The van der Waals surface area contributed by atoms with E-state index in [1.54, 1.807) is 19.1 Å². The molecule has 3 rings (SSSR count). The first-order chi connectivity index (χ1) is 12.4. The molecule has 1 aliphatic heterocycles. The number of nitro benzene ring substituents is 1. The van der Waals surface area contributed by atoms with Gasteiger partial charge in [0.1, 0.15) is 5.82 Å². The molecule has 1 atom stereocenters. The van der Waals surface area contributed by atoms with Crippen LogP contribution in [0.3, 0.4) is 0 Å². The summed E-state index contributed by atoms with van der Waals surface area (Å²) in [7, 11) is 0. The van der Waals surface area contributed by atoms with Crippen molar-refractivity contribution in [2.24, 2.45) is 5.92 Å². The normalized spacial score (nSPS) is 16.6. The summed E-state index contributed by atoms with van der Waals surface area (Å²) in [5, 5.41) is 13.5. The number of hydrogen-bond acceptors (Lipinski definition) is 4. The van der Waals surface area contributed by atoms with E-state index in [4.69, 9.17) is 0 Å². The lowest BCUT2D eigenvalue weighted by Gasteiger charge is -2.17. The minimum absolute atomic E-state index is 0.0475. The molecule has 1 saturated heterocycles. The van der Waals surface area contributed by atoms with E-state index in [9.17, 15) is 24.1 Å². The van der Waals surface area contributed by atoms with Crippen molar-refractivity contribution >= 4 is 28.9 Å². The molecule has 0 bridgehead atoms. The third-order valence-electron chi connectivity index (χ3n) is 4.33. The summed E-state index contributed by atoms with van der Waals surface area (Å²) in [5.74, 6) is -1.97. The SMILES string of the molecule is Cc1ccc([N+](=O)[O-])cc1NC(=O)[C@H]1CC(=O)N(c2ccccc2F)C1. The largest absolute Gasteiger partial charge is 0.325 e. The monoisotopic (exact) mass is 357 g/mol. The molecule has 134 valence electrons. The number of benzene rings is 2. The zero-order valence-corrected chi connectivity index (χ0v) is 13.9. The number of carbonyl (C=O) groups excluding carboxylic acids is 2. The Kier molecular flexibility index (Phi) is 4.66. The van der Waals surface area contributed by atoms with Crippen molar-refractivity contribution in [3.8, 4) is 0 Å². The van der Waals surface area contributed by atoms with Gasteiger partial charge in [-0.2, -0.15) is 0 Å². The Morgan fingerprint density at radius 3 is 2.73 bits per heavy atom. The van der Waals surface area contributed by atoms with Gasteiger partial charge in [0.25, 0.3) is 5.69 Å². The smallest absolute Gasteiger partial charge is 0.271 e. The van der Waals surface area contributed by atoms with Gasteiger partial charge in [0.2, 0.25) is 11.8 Å². The summed E-state index contributed by atoms with van der Waals surface area (Å²) >= 11 is 0. The predicted molar refractivity (Wildman–Crippen MR) is 93.3 cm³/mol. The van der Waals surface area contributed by atoms with Gasteiger partial charge in [-0.05, 0) is 24.6 Å². The molecule has 26 heavy (non-hydrogen) atoms. The number of rotatable bonds is 4. The Bertz CT molecular complexity index is 900. The van der Waals surface area contributed by atoms with E-state index in [1.807, 2.05) is 0 Å². The summed E-state index contributed by atoms with van der Waals surface area (Å²) in [6.45, 7) is 1.77. The maximum atomic E-state index is 13.9. The van der Waals surface area contributed by atoms with Crippen molar-refractivity contribution < 1.29 is 18.9 Å². The van der Waals surface area contributed by atoms with Crippen LogP contribution in [0.1, 0.15) is 12.0 Å². The molecular weight excluding hydrogens is 341 g/mol. The second kappa shape index (κ2) is 6.91. The van der Waals surface area contributed by atoms with Gasteiger partial charge in [-0.15, -0.1) is 0 Å². The highest BCUT2D eigenvalue weighted by Crippen LogP contribution is 2.29. The first-order valence-electron chi connectivity index (χ1n) is 7.97. The zero-order valence-electron chi connectivity index (χ0n) is 13.9. The number of aryl methyl sites for hydroxylation is 1. The Morgan fingerprint density at radius 2 is 2.04 bits per heavy atom. The molecule has 0 saturated carbocycles. The first kappa shape index (κ1) is 17.5. The van der Waals surface area contributed by atoms with Crippen LogP contribution in [0.5, 0.6) is 0 Å². The molecule has 0 spiro atoms. The van der Waals surface area contributed by atoms with Crippen molar-refractivity contribution in [3.63, 3.8) is 0 Å². The van der Waals surface area contributed by atoms with Crippen LogP contribution in [0, 0.1) is 28.8 Å². The quantitative estimate of drug-likeness (QED) is 0.672. The lowest BCUT2D eigenvalue weighted by atomic mass is 10.1. The summed E-state index contributed by atoms with van der Waals surface area (Å²) in [6.07, 6.45) is -0.0475. The molecule has 1 fully saturated rings. The van der Waals surface area contributed by atoms with E-state index in [0.717, 1.165) is 0 Å². The topological polar surface area (TPSA) is 92.5 Å². The molecule has 1 aliphatic rings. The lowest BCUT2D eigenvalue weighted by Crippen LogP contribution is -2.28. The summed E-state index contributed by atoms with van der Waals surface area (Å²) in [5.41, 5.74) is 0.987. The van der Waals surface area contributed by atoms with Crippen LogP contribution in [-0.4, -0.2) is 23.3 Å². The van der Waals surface area contributed by atoms with Crippen LogP contribution in [0.25, 0.3) is 0 Å². The highest BCUT2D eigenvalue weighted by atomic mass is 19.1. The van der Waals surface area contributed by atoms with Crippen molar-refractivity contribution in [1.82, 2.24) is 0 Å². The van der Waals surface area contributed by atoms with Crippen LogP contribution in [0.15, 0.2) is 42.5 Å². The molecule has 2 aromatic rings. The molecule has 0 unspecified atom stereocenters. The highest BCUT2D eigenvalue weighted by molar-refractivity contribution is 6.03. The number of carbonyl (C=O) groups is 2. The fraction of sp³-hybridized carbons (Fsp3) is 0.222. The van der Waals surface area contributed by atoms with Crippen molar-refractivity contribution in [2.45, 2.75) is 13.3 Å². The van der Waals surface area contributed by atoms with Gasteiger partial charge in [-0.1, -0.05) is 18.2 Å². The van der Waals surface area contributed by atoms with Gasteiger partial charge in [0.05, 0.1) is 22.2 Å². The summed E-state index contributed by atoms with van der Waals surface area (Å²) in [4.78, 5) is 36.3.